The molecule has 1 heterocycles. The highest BCUT2D eigenvalue weighted by atomic mass is 19.4. The maximum absolute atomic E-state index is 15.0. The quantitative estimate of drug-likeness (QED) is 0.498. The minimum absolute atomic E-state index is 0.237. The van der Waals surface area contributed by atoms with E-state index < -0.39 is 53.0 Å². The van der Waals surface area contributed by atoms with E-state index in [1.807, 2.05) is 6.07 Å². The van der Waals surface area contributed by atoms with Crippen molar-refractivity contribution in [1.82, 2.24) is 0 Å². The minimum atomic E-state index is -5.08. The molecule has 2 aromatic carbocycles. The normalized spacial score (nSPS) is 16.0. The smallest absolute Gasteiger partial charge is 0.466 e. The van der Waals surface area contributed by atoms with E-state index in [-0.39, 0.29) is 11.1 Å². The fourth-order valence-corrected chi connectivity index (χ4v) is 3.63. The molecular formula is C23H17F4N3O5. The molecule has 12 heteroatoms. The number of alkyl halides is 3. The summed E-state index contributed by atoms with van der Waals surface area (Å²) < 4.78 is 66.0. The van der Waals surface area contributed by atoms with Crippen molar-refractivity contribution in [2.75, 3.05) is 19.1 Å². The van der Waals surface area contributed by atoms with Gasteiger partial charge in [0, 0.05) is 6.07 Å². The first kappa shape index (κ1) is 25.1. The van der Waals surface area contributed by atoms with Crippen molar-refractivity contribution < 1.29 is 41.4 Å². The van der Waals surface area contributed by atoms with Crippen LogP contribution >= 0.6 is 0 Å². The summed E-state index contributed by atoms with van der Waals surface area (Å²) in [7, 11) is 2.03. The second kappa shape index (κ2) is 9.76. The Labute approximate surface area is 196 Å². The van der Waals surface area contributed by atoms with Crippen molar-refractivity contribution in [2.45, 2.75) is 12.3 Å². The lowest BCUT2D eigenvalue weighted by Gasteiger charge is -2.36. The Balaban J connectivity index is 2.34. The van der Waals surface area contributed by atoms with E-state index in [1.165, 1.54) is 0 Å². The molecule has 8 nitrogen and oxygen atoms in total. The average molecular weight is 491 g/mol. The standard InChI is InChI=1S/C23H17F4N3O5/c1-33-21(31)18-17(12-6-4-3-5-7-12)14(11-28)20(29)30(19(18)22(32)34-2)16-9-8-13(10-15(16)24)35-23(25,26)27/h3-10,17H,29H2,1-2H3. The molecule has 182 valence electrons. The third kappa shape index (κ3) is 4.89. The number of nitrogens with zero attached hydrogens (tertiary/aromatic N) is 2. The van der Waals surface area contributed by atoms with Crippen molar-refractivity contribution in [3.63, 3.8) is 0 Å². The highest BCUT2D eigenvalue weighted by Crippen LogP contribution is 2.44. The Morgan fingerprint density at radius 3 is 2.20 bits per heavy atom. The number of nitriles is 1. The SMILES string of the molecule is COC(=O)C1=C(C(=O)OC)N(c2ccc(OC(F)(F)F)cc2F)C(N)=C(C#N)C1c1ccccc1. The molecule has 3 rings (SSSR count). The van der Waals surface area contributed by atoms with Crippen LogP contribution in [0.3, 0.4) is 0 Å². The Hall–Kier alpha value is -4.53. The number of rotatable bonds is 5. The van der Waals surface area contributed by atoms with E-state index in [1.54, 1.807) is 30.3 Å². The van der Waals surface area contributed by atoms with Gasteiger partial charge in [-0.3, -0.25) is 4.90 Å². The number of esters is 2. The van der Waals surface area contributed by atoms with Crippen LogP contribution in [0.1, 0.15) is 11.5 Å². The number of halogens is 4. The number of benzene rings is 2. The summed E-state index contributed by atoms with van der Waals surface area (Å²) in [6.45, 7) is 0. The molecule has 2 aromatic rings. The van der Waals surface area contributed by atoms with E-state index >= 15 is 4.39 Å². The van der Waals surface area contributed by atoms with Crippen molar-refractivity contribution >= 4 is 17.6 Å². The zero-order valence-corrected chi connectivity index (χ0v) is 18.2. The molecule has 0 amide bonds. The van der Waals surface area contributed by atoms with Gasteiger partial charge in [0.25, 0.3) is 0 Å². The van der Waals surface area contributed by atoms with Gasteiger partial charge < -0.3 is 19.9 Å². The first-order valence-electron chi connectivity index (χ1n) is 9.75. The molecular weight excluding hydrogens is 474 g/mol. The summed E-state index contributed by atoms with van der Waals surface area (Å²) in [6.07, 6.45) is -5.08. The van der Waals surface area contributed by atoms with Gasteiger partial charge in [-0.1, -0.05) is 30.3 Å². The topological polar surface area (TPSA) is 115 Å². The lowest BCUT2D eigenvalue weighted by atomic mass is 9.81. The summed E-state index contributed by atoms with van der Waals surface area (Å²) in [5.74, 6) is -5.98. The maximum Gasteiger partial charge on any atom is 0.573 e. The number of hydrogen-bond donors (Lipinski definition) is 1. The van der Waals surface area contributed by atoms with Crippen LogP contribution in [0.15, 0.2) is 71.2 Å². The molecule has 0 spiro atoms. The monoisotopic (exact) mass is 491 g/mol. The summed E-state index contributed by atoms with van der Waals surface area (Å²) in [6, 6.07) is 12.0. The molecule has 0 radical (unpaired) electrons. The van der Waals surface area contributed by atoms with E-state index in [2.05, 4.69) is 4.74 Å². The van der Waals surface area contributed by atoms with Crippen LogP contribution in [-0.4, -0.2) is 32.5 Å². The van der Waals surface area contributed by atoms with E-state index in [0.29, 0.717) is 11.6 Å². The third-order valence-corrected chi connectivity index (χ3v) is 5.00. The predicted molar refractivity (Wildman–Crippen MR) is 113 cm³/mol. The molecule has 35 heavy (non-hydrogen) atoms. The van der Waals surface area contributed by atoms with Crippen LogP contribution in [0, 0.1) is 17.1 Å². The van der Waals surface area contributed by atoms with Gasteiger partial charge in [0.05, 0.1) is 43.0 Å². The highest BCUT2D eigenvalue weighted by molar-refractivity contribution is 6.06. The van der Waals surface area contributed by atoms with Crippen LogP contribution in [0.4, 0.5) is 23.2 Å². The molecule has 1 aliphatic rings. The molecule has 0 aromatic heterocycles. The Morgan fingerprint density at radius 1 is 1.06 bits per heavy atom. The number of carbonyl (C=O) groups excluding carboxylic acids is 2. The van der Waals surface area contributed by atoms with Gasteiger partial charge >= 0.3 is 18.3 Å². The van der Waals surface area contributed by atoms with E-state index in [9.17, 15) is 28.0 Å². The number of anilines is 1. The molecule has 1 unspecified atom stereocenters. The van der Waals surface area contributed by atoms with Crippen LogP contribution in [-0.2, 0) is 19.1 Å². The van der Waals surface area contributed by atoms with Crippen molar-refractivity contribution in [1.29, 1.82) is 5.26 Å². The second-order valence-corrected chi connectivity index (χ2v) is 7.00. The van der Waals surface area contributed by atoms with Crippen LogP contribution in [0.2, 0.25) is 0 Å². The van der Waals surface area contributed by atoms with Gasteiger partial charge in [-0.05, 0) is 17.7 Å². The maximum atomic E-state index is 15.0. The number of hydrogen-bond acceptors (Lipinski definition) is 8. The number of ether oxygens (including phenoxy) is 3. The van der Waals surface area contributed by atoms with E-state index in [4.69, 9.17) is 15.2 Å². The second-order valence-electron chi connectivity index (χ2n) is 7.00. The summed E-state index contributed by atoms with van der Waals surface area (Å²) in [5, 5.41) is 9.91. The van der Waals surface area contributed by atoms with Gasteiger partial charge in [-0.15, -0.1) is 13.2 Å². The minimum Gasteiger partial charge on any atom is -0.466 e. The average Bonchev–Trinajstić information content (AvgIpc) is 2.82. The van der Waals surface area contributed by atoms with Crippen molar-refractivity contribution in [3.8, 4) is 11.8 Å². The molecule has 2 N–H and O–H groups in total. The van der Waals surface area contributed by atoms with Crippen LogP contribution in [0.5, 0.6) is 5.75 Å². The molecule has 1 aliphatic heterocycles. The Morgan fingerprint density at radius 2 is 1.69 bits per heavy atom. The molecule has 0 aliphatic carbocycles. The highest BCUT2D eigenvalue weighted by Gasteiger charge is 2.43. The first-order valence-corrected chi connectivity index (χ1v) is 9.75. The lowest BCUT2D eigenvalue weighted by molar-refractivity contribution is -0.274. The number of allylic oxidation sites excluding steroid dienone is 1. The summed E-state index contributed by atoms with van der Waals surface area (Å²) in [4.78, 5) is 26.5. The van der Waals surface area contributed by atoms with Crippen molar-refractivity contribution in [3.05, 3.63) is 82.6 Å². The Kier molecular flexibility index (Phi) is 7.00. The zero-order chi connectivity index (χ0) is 25.9. The lowest BCUT2D eigenvalue weighted by Crippen LogP contribution is -2.41. The molecule has 0 fully saturated rings. The zero-order valence-electron chi connectivity index (χ0n) is 18.2. The molecule has 1 atom stereocenters. The fourth-order valence-electron chi connectivity index (χ4n) is 3.63. The molecule has 0 bridgehead atoms. The largest absolute Gasteiger partial charge is 0.573 e. The third-order valence-electron chi connectivity index (χ3n) is 5.00. The number of carbonyl (C=O) groups is 2. The molecule has 0 saturated carbocycles. The Bertz CT molecular complexity index is 1270. The van der Waals surface area contributed by atoms with Gasteiger partial charge in [0.15, 0.2) is 5.82 Å². The van der Waals surface area contributed by atoms with Gasteiger partial charge in [0.2, 0.25) is 0 Å². The number of nitrogens with two attached hydrogens (primary N) is 1. The molecule has 0 saturated heterocycles. The first-order chi connectivity index (χ1) is 16.5. The van der Waals surface area contributed by atoms with Gasteiger partial charge in [0.1, 0.15) is 17.3 Å². The fraction of sp³-hybridized carbons (Fsp3) is 0.174. The summed E-state index contributed by atoms with van der Waals surface area (Å²) in [5.41, 5.74) is 4.85. The van der Waals surface area contributed by atoms with Crippen LogP contribution < -0.4 is 15.4 Å². The number of methoxy groups -OCH3 is 2. The van der Waals surface area contributed by atoms with Gasteiger partial charge in [-0.2, -0.15) is 5.26 Å². The predicted octanol–water partition coefficient (Wildman–Crippen LogP) is 3.62. The van der Waals surface area contributed by atoms with Crippen LogP contribution in [0.25, 0.3) is 0 Å². The van der Waals surface area contributed by atoms with Crippen molar-refractivity contribution in [2.24, 2.45) is 5.73 Å². The van der Waals surface area contributed by atoms with E-state index in [0.717, 1.165) is 31.3 Å². The summed E-state index contributed by atoms with van der Waals surface area (Å²) >= 11 is 0. The van der Waals surface area contributed by atoms with Gasteiger partial charge in [-0.25, -0.2) is 14.0 Å².